The standard InChI is InChI=1S/C13H11NO3S.C7H8N2O3/c14-13(15)11-8-4-5-9-12(11)18(16,17)10-6-2-1-3-7-10;10-7(11)9-2-1-6-5(3-9)4-12-8-6/h1-9H,(H2,14,15);4H,1-3H2,(H,10,11). The largest absolute Gasteiger partial charge is 0.465 e. The minimum absolute atomic E-state index is 0.00125. The van der Waals surface area contributed by atoms with E-state index in [0.717, 1.165) is 11.3 Å². The highest BCUT2D eigenvalue weighted by Crippen LogP contribution is 2.23. The summed E-state index contributed by atoms with van der Waals surface area (Å²) in [6, 6.07) is 13.8. The highest BCUT2D eigenvalue weighted by atomic mass is 32.2. The number of sulfone groups is 1. The second-order valence-corrected chi connectivity index (χ2v) is 8.34. The summed E-state index contributed by atoms with van der Waals surface area (Å²) in [4.78, 5) is 23.2. The van der Waals surface area contributed by atoms with Crippen molar-refractivity contribution in [3.63, 3.8) is 0 Å². The van der Waals surface area contributed by atoms with Gasteiger partial charge in [0.15, 0.2) is 0 Å². The fourth-order valence-corrected chi connectivity index (χ4v) is 4.42. The number of aromatic nitrogens is 1. The van der Waals surface area contributed by atoms with Crippen molar-refractivity contribution < 1.29 is 27.6 Å². The number of carbonyl (C=O) groups is 2. The lowest BCUT2D eigenvalue weighted by molar-refractivity contribution is 0.0997. The van der Waals surface area contributed by atoms with E-state index in [0.29, 0.717) is 19.5 Å². The lowest BCUT2D eigenvalue weighted by atomic mass is 10.1. The summed E-state index contributed by atoms with van der Waals surface area (Å²) in [5, 5.41) is 12.4. The molecule has 3 aromatic rings. The van der Waals surface area contributed by atoms with E-state index in [1.807, 2.05) is 0 Å². The fourth-order valence-electron chi connectivity index (χ4n) is 2.93. The van der Waals surface area contributed by atoms with Crippen LogP contribution in [-0.4, -0.2) is 42.1 Å². The lowest BCUT2D eigenvalue weighted by Crippen LogP contribution is -2.34. The second kappa shape index (κ2) is 8.78. The molecule has 1 aromatic heterocycles. The zero-order chi connectivity index (χ0) is 21.7. The molecule has 0 saturated heterocycles. The molecule has 3 N–H and O–H groups in total. The molecule has 1 aliphatic rings. The van der Waals surface area contributed by atoms with Crippen molar-refractivity contribution in [1.82, 2.24) is 10.1 Å². The molecule has 30 heavy (non-hydrogen) atoms. The van der Waals surface area contributed by atoms with Crippen molar-refractivity contribution in [3.8, 4) is 0 Å². The molecule has 0 bridgehead atoms. The zero-order valence-electron chi connectivity index (χ0n) is 15.8. The Kier molecular flexibility index (Phi) is 6.17. The van der Waals surface area contributed by atoms with Crippen LogP contribution in [0.5, 0.6) is 0 Å². The van der Waals surface area contributed by atoms with E-state index in [2.05, 4.69) is 5.16 Å². The molecule has 0 spiro atoms. The molecule has 0 atom stereocenters. The Morgan fingerprint density at radius 2 is 1.73 bits per heavy atom. The number of amides is 2. The summed E-state index contributed by atoms with van der Waals surface area (Å²) in [7, 11) is -3.72. The first kappa shape index (κ1) is 21.1. The first-order valence-corrected chi connectivity index (χ1v) is 10.4. The van der Waals surface area contributed by atoms with Crippen LogP contribution in [0.15, 0.2) is 75.2 Å². The average Bonchev–Trinajstić information content (AvgIpc) is 3.22. The Morgan fingerprint density at radius 3 is 2.40 bits per heavy atom. The number of fused-ring (bicyclic) bond motifs is 1. The molecule has 2 amide bonds. The van der Waals surface area contributed by atoms with Crippen LogP contribution < -0.4 is 5.73 Å². The molecule has 0 saturated carbocycles. The predicted molar refractivity (Wildman–Crippen MR) is 105 cm³/mol. The maximum atomic E-state index is 12.4. The van der Waals surface area contributed by atoms with Gasteiger partial charge in [0.1, 0.15) is 6.26 Å². The molecule has 0 aliphatic carbocycles. The third kappa shape index (κ3) is 4.49. The first-order chi connectivity index (χ1) is 14.3. The van der Waals surface area contributed by atoms with Gasteiger partial charge in [-0.1, -0.05) is 35.5 Å². The average molecular weight is 429 g/mol. The third-order valence-corrected chi connectivity index (χ3v) is 6.30. The summed E-state index contributed by atoms with van der Waals surface area (Å²) in [5.74, 6) is -0.759. The summed E-state index contributed by atoms with van der Waals surface area (Å²) in [6.45, 7) is 0.906. The van der Waals surface area contributed by atoms with Crippen molar-refractivity contribution >= 4 is 21.8 Å². The van der Waals surface area contributed by atoms with Crippen LogP contribution in [0.3, 0.4) is 0 Å². The lowest BCUT2D eigenvalue weighted by Gasteiger charge is -2.22. The molecule has 2 aromatic carbocycles. The van der Waals surface area contributed by atoms with E-state index < -0.39 is 21.8 Å². The number of hydrogen-bond acceptors (Lipinski definition) is 6. The quantitative estimate of drug-likeness (QED) is 0.650. The van der Waals surface area contributed by atoms with E-state index in [4.69, 9.17) is 15.4 Å². The summed E-state index contributed by atoms with van der Waals surface area (Å²) in [5.41, 5.74) is 6.95. The number of nitrogens with two attached hydrogens (primary N) is 1. The molecule has 10 heteroatoms. The zero-order valence-corrected chi connectivity index (χ0v) is 16.6. The van der Waals surface area contributed by atoms with E-state index in [9.17, 15) is 18.0 Å². The molecule has 0 unspecified atom stereocenters. The van der Waals surface area contributed by atoms with Gasteiger partial charge in [0.25, 0.3) is 0 Å². The minimum Gasteiger partial charge on any atom is -0.465 e. The molecular weight excluding hydrogens is 410 g/mol. The molecule has 156 valence electrons. The Morgan fingerprint density at radius 1 is 1.07 bits per heavy atom. The van der Waals surface area contributed by atoms with Gasteiger partial charge in [-0.25, -0.2) is 13.2 Å². The topological polar surface area (TPSA) is 144 Å². The number of primary amides is 1. The van der Waals surface area contributed by atoms with Crippen LogP contribution in [0.1, 0.15) is 21.6 Å². The van der Waals surface area contributed by atoms with E-state index >= 15 is 0 Å². The number of hydrogen-bond donors (Lipinski definition) is 2. The first-order valence-electron chi connectivity index (χ1n) is 8.89. The highest BCUT2D eigenvalue weighted by Gasteiger charge is 2.23. The second-order valence-electron chi connectivity index (χ2n) is 6.42. The van der Waals surface area contributed by atoms with Crippen molar-refractivity contribution in [2.45, 2.75) is 22.8 Å². The SMILES string of the molecule is NC(=O)c1ccccc1S(=O)(=O)c1ccccc1.O=C(O)N1CCc2nocc2C1. The normalized spacial score (nSPS) is 13.0. The number of benzene rings is 2. The van der Waals surface area contributed by atoms with E-state index in [1.54, 1.807) is 30.3 Å². The van der Waals surface area contributed by atoms with Crippen LogP contribution >= 0.6 is 0 Å². The molecule has 9 nitrogen and oxygen atoms in total. The van der Waals surface area contributed by atoms with Gasteiger partial charge in [-0.2, -0.15) is 0 Å². The predicted octanol–water partition coefficient (Wildman–Crippen LogP) is 2.33. The summed E-state index contributed by atoms with van der Waals surface area (Å²) < 4.78 is 29.4. The molecule has 0 radical (unpaired) electrons. The maximum absolute atomic E-state index is 12.4. The van der Waals surface area contributed by atoms with Gasteiger partial charge >= 0.3 is 6.09 Å². The highest BCUT2D eigenvalue weighted by molar-refractivity contribution is 7.91. The monoisotopic (exact) mass is 429 g/mol. The van der Waals surface area contributed by atoms with Crippen molar-refractivity contribution in [2.75, 3.05) is 6.54 Å². The molecular formula is C20H19N3O6S. The number of carboxylic acid groups (broad SMARTS) is 1. The third-order valence-electron chi connectivity index (χ3n) is 4.47. The number of rotatable bonds is 3. The van der Waals surface area contributed by atoms with Gasteiger partial charge in [-0.3, -0.25) is 4.79 Å². The van der Waals surface area contributed by atoms with Gasteiger partial charge < -0.3 is 20.3 Å². The van der Waals surface area contributed by atoms with Gasteiger partial charge in [0.2, 0.25) is 15.7 Å². The minimum atomic E-state index is -3.72. The summed E-state index contributed by atoms with van der Waals surface area (Å²) in [6.07, 6.45) is 1.27. The van der Waals surface area contributed by atoms with Gasteiger partial charge in [0.05, 0.1) is 27.6 Å². The molecule has 2 heterocycles. The number of carbonyl (C=O) groups excluding carboxylic acids is 1. The maximum Gasteiger partial charge on any atom is 0.407 e. The fraction of sp³-hybridized carbons (Fsp3) is 0.150. The van der Waals surface area contributed by atoms with Gasteiger partial charge in [-0.05, 0) is 24.3 Å². The van der Waals surface area contributed by atoms with Crippen LogP contribution in [0.2, 0.25) is 0 Å². The van der Waals surface area contributed by atoms with Crippen molar-refractivity contribution in [3.05, 3.63) is 77.7 Å². The van der Waals surface area contributed by atoms with Crippen LogP contribution in [0.4, 0.5) is 4.79 Å². The van der Waals surface area contributed by atoms with E-state index in [1.165, 1.54) is 35.4 Å². The van der Waals surface area contributed by atoms with Crippen LogP contribution in [0, 0.1) is 0 Å². The Labute approximate surface area is 172 Å². The summed E-state index contributed by atoms with van der Waals surface area (Å²) >= 11 is 0. The van der Waals surface area contributed by atoms with Crippen LogP contribution in [0.25, 0.3) is 0 Å². The van der Waals surface area contributed by atoms with Crippen molar-refractivity contribution in [1.29, 1.82) is 0 Å². The van der Waals surface area contributed by atoms with Gasteiger partial charge in [-0.15, -0.1) is 0 Å². The number of nitrogens with zero attached hydrogens (tertiary/aromatic N) is 2. The Balaban J connectivity index is 0.000000184. The van der Waals surface area contributed by atoms with Crippen molar-refractivity contribution in [2.24, 2.45) is 5.73 Å². The smallest absolute Gasteiger partial charge is 0.407 e. The Hall–Kier alpha value is -3.66. The molecule has 1 aliphatic heterocycles. The van der Waals surface area contributed by atoms with Gasteiger partial charge in [0, 0.05) is 18.5 Å². The van der Waals surface area contributed by atoms with E-state index in [-0.39, 0.29) is 15.4 Å². The molecule has 0 fully saturated rings. The Bertz CT molecular complexity index is 1160. The molecule has 4 rings (SSSR count). The van der Waals surface area contributed by atoms with Crippen LogP contribution in [-0.2, 0) is 22.8 Å².